The smallest absolute Gasteiger partial charge is 0.328 e. The minimum Gasteiger partial charge on any atom is -0.347 e. The monoisotopic (exact) mass is 428 g/mol. The highest BCUT2D eigenvalue weighted by Gasteiger charge is 2.22. The molecular weight excluding hydrogens is 408 g/mol. The Bertz CT molecular complexity index is 914. The lowest BCUT2D eigenvalue weighted by Crippen LogP contribution is -2.37. The number of thioether (sulfide) groups is 1. The lowest BCUT2D eigenvalue weighted by Gasteiger charge is -2.13. The molecule has 27 heavy (non-hydrogen) atoms. The number of benzene rings is 1. The molecule has 1 aromatic heterocycles. The van der Waals surface area contributed by atoms with Gasteiger partial charge < -0.3 is 10.6 Å². The molecule has 3 N–H and O–H groups in total. The summed E-state index contributed by atoms with van der Waals surface area (Å²) < 4.78 is 26.8. The van der Waals surface area contributed by atoms with E-state index in [1.165, 1.54) is 36.2 Å². The van der Waals surface area contributed by atoms with Crippen LogP contribution in [0.15, 0.2) is 39.6 Å². The zero-order chi connectivity index (χ0) is 20.0. The fourth-order valence-corrected chi connectivity index (χ4v) is 5.04. The van der Waals surface area contributed by atoms with Crippen LogP contribution in [0.2, 0.25) is 0 Å². The molecule has 0 radical (unpaired) electrons. The standard InChI is InChI=1S/C16H20N4O4S3/c1-10(15-18-6-7-26-15)19-14(21)9-11-4-5-12(25-3)13(8-11)27(23,24)20-16(22)17-2/h4-8,10H,9H2,1-3H3,(H,19,21)(H2,17,20,22). The summed E-state index contributed by atoms with van der Waals surface area (Å²) in [6.45, 7) is 1.83. The molecule has 2 aromatic rings. The van der Waals surface area contributed by atoms with Gasteiger partial charge in [-0.05, 0) is 30.9 Å². The van der Waals surface area contributed by atoms with Crippen molar-refractivity contribution in [2.45, 2.75) is 29.2 Å². The highest BCUT2D eigenvalue weighted by Crippen LogP contribution is 2.26. The van der Waals surface area contributed by atoms with Gasteiger partial charge in [-0.2, -0.15) is 0 Å². The maximum Gasteiger partial charge on any atom is 0.328 e. The van der Waals surface area contributed by atoms with Gasteiger partial charge in [0.15, 0.2) is 0 Å². The van der Waals surface area contributed by atoms with Crippen molar-refractivity contribution in [1.29, 1.82) is 0 Å². The summed E-state index contributed by atoms with van der Waals surface area (Å²) >= 11 is 2.68. The van der Waals surface area contributed by atoms with E-state index in [4.69, 9.17) is 0 Å². The summed E-state index contributed by atoms with van der Waals surface area (Å²) in [4.78, 5) is 28.3. The maximum absolute atomic E-state index is 12.5. The van der Waals surface area contributed by atoms with Crippen LogP contribution in [0.25, 0.3) is 0 Å². The fraction of sp³-hybridized carbons (Fsp3) is 0.312. The minimum atomic E-state index is -4.05. The number of sulfonamides is 1. The van der Waals surface area contributed by atoms with Crippen molar-refractivity contribution in [2.24, 2.45) is 0 Å². The Morgan fingerprint density at radius 2 is 2.07 bits per heavy atom. The topological polar surface area (TPSA) is 117 Å². The molecule has 0 bridgehead atoms. The largest absolute Gasteiger partial charge is 0.347 e. The molecule has 1 unspecified atom stereocenters. The van der Waals surface area contributed by atoms with Crippen molar-refractivity contribution < 1.29 is 18.0 Å². The van der Waals surface area contributed by atoms with E-state index >= 15 is 0 Å². The number of amides is 3. The van der Waals surface area contributed by atoms with Crippen LogP contribution in [-0.2, 0) is 21.2 Å². The number of carbonyl (C=O) groups is 2. The van der Waals surface area contributed by atoms with E-state index in [1.807, 2.05) is 17.0 Å². The fourth-order valence-electron chi connectivity index (χ4n) is 2.26. The number of hydrogen-bond donors (Lipinski definition) is 3. The second-order valence-electron chi connectivity index (χ2n) is 5.51. The van der Waals surface area contributed by atoms with Gasteiger partial charge in [0.25, 0.3) is 10.0 Å². The molecule has 0 aliphatic carbocycles. The van der Waals surface area contributed by atoms with Crippen LogP contribution in [0.3, 0.4) is 0 Å². The number of hydrogen-bond acceptors (Lipinski definition) is 7. The zero-order valence-electron chi connectivity index (χ0n) is 15.0. The quantitative estimate of drug-likeness (QED) is 0.580. The molecule has 0 spiro atoms. The van der Waals surface area contributed by atoms with E-state index < -0.39 is 16.1 Å². The third-order valence-electron chi connectivity index (χ3n) is 3.54. The van der Waals surface area contributed by atoms with Gasteiger partial charge in [0.1, 0.15) is 9.90 Å². The second-order valence-corrected chi connectivity index (χ2v) is 8.93. The zero-order valence-corrected chi connectivity index (χ0v) is 17.4. The first-order valence-electron chi connectivity index (χ1n) is 7.87. The average Bonchev–Trinajstić information content (AvgIpc) is 3.16. The number of aromatic nitrogens is 1. The first kappa shape index (κ1) is 21.2. The Morgan fingerprint density at radius 1 is 1.33 bits per heavy atom. The molecule has 1 aromatic carbocycles. The Kier molecular flexibility index (Phi) is 7.22. The molecule has 0 aliphatic heterocycles. The molecule has 0 aliphatic rings. The van der Waals surface area contributed by atoms with Gasteiger partial charge in [0, 0.05) is 23.5 Å². The summed E-state index contributed by atoms with van der Waals surface area (Å²) in [5.74, 6) is -0.253. The molecule has 8 nitrogen and oxygen atoms in total. The third kappa shape index (κ3) is 5.68. The van der Waals surface area contributed by atoms with E-state index in [0.29, 0.717) is 10.5 Å². The lowest BCUT2D eigenvalue weighted by molar-refractivity contribution is -0.121. The highest BCUT2D eigenvalue weighted by atomic mass is 32.2. The number of thiazole rings is 1. The van der Waals surface area contributed by atoms with Crippen LogP contribution >= 0.6 is 23.1 Å². The van der Waals surface area contributed by atoms with Crippen molar-refractivity contribution in [2.75, 3.05) is 13.3 Å². The molecule has 0 saturated heterocycles. The Morgan fingerprint density at radius 3 is 2.67 bits per heavy atom. The number of carbonyl (C=O) groups excluding carboxylic acids is 2. The molecule has 3 amide bonds. The molecule has 1 atom stereocenters. The van der Waals surface area contributed by atoms with Crippen molar-refractivity contribution in [3.63, 3.8) is 0 Å². The van der Waals surface area contributed by atoms with Gasteiger partial charge in [0.05, 0.1) is 12.5 Å². The second kappa shape index (κ2) is 9.20. The minimum absolute atomic E-state index is 0.00682. The normalized spacial score (nSPS) is 12.3. The van der Waals surface area contributed by atoms with Crippen molar-refractivity contribution in [3.05, 3.63) is 40.3 Å². The number of urea groups is 1. The summed E-state index contributed by atoms with van der Waals surface area (Å²) in [5, 5.41) is 7.66. The van der Waals surface area contributed by atoms with E-state index in [9.17, 15) is 18.0 Å². The Balaban J connectivity index is 2.18. The van der Waals surface area contributed by atoms with Crippen LogP contribution in [0, 0.1) is 0 Å². The molecule has 2 rings (SSSR count). The Hall–Kier alpha value is -2.11. The average molecular weight is 429 g/mol. The number of nitrogens with zero attached hydrogens (tertiary/aromatic N) is 1. The van der Waals surface area contributed by atoms with Crippen molar-refractivity contribution in [1.82, 2.24) is 20.3 Å². The molecule has 146 valence electrons. The van der Waals surface area contributed by atoms with Gasteiger partial charge >= 0.3 is 6.03 Å². The summed E-state index contributed by atoms with van der Waals surface area (Å²) in [6.07, 6.45) is 3.41. The number of rotatable bonds is 7. The van der Waals surface area contributed by atoms with E-state index in [2.05, 4.69) is 15.6 Å². The van der Waals surface area contributed by atoms with Crippen LogP contribution in [0.1, 0.15) is 23.5 Å². The molecule has 11 heteroatoms. The third-order valence-corrected chi connectivity index (χ3v) is 6.79. The van der Waals surface area contributed by atoms with Gasteiger partial charge in [-0.3, -0.25) is 4.79 Å². The van der Waals surface area contributed by atoms with Crippen molar-refractivity contribution in [3.8, 4) is 0 Å². The van der Waals surface area contributed by atoms with Crippen LogP contribution < -0.4 is 15.4 Å². The highest BCUT2D eigenvalue weighted by molar-refractivity contribution is 7.99. The van der Waals surface area contributed by atoms with Gasteiger partial charge in [0.2, 0.25) is 5.91 Å². The summed E-state index contributed by atoms with van der Waals surface area (Å²) in [7, 11) is -2.73. The Labute approximate surface area is 166 Å². The SMILES string of the molecule is CNC(=O)NS(=O)(=O)c1cc(CC(=O)NC(C)c2nccs2)ccc1SC. The maximum atomic E-state index is 12.5. The number of nitrogens with one attached hydrogen (secondary N) is 3. The summed E-state index contributed by atoms with van der Waals surface area (Å²) in [5.41, 5.74) is 0.522. The molecular formula is C16H20N4O4S3. The van der Waals surface area contributed by atoms with Crippen LogP contribution in [0.4, 0.5) is 4.79 Å². The van der Waals surface area contributed by atoms with Crippen LogP contribution in [-0.4, -0.2) is 38.6 Å². The van der Waals surface area contributed by atoms with Crippen LogP contribution in [0.5, 0.6) is 0 Å². The van der Waals surface area contributed by atoms with Gasteiger partial charge in [-0.15, -0.1) is 23.1 Å². The molecule has 0 fully saturated rings. The predicted molar refractivity (Wildman–Crippen MR) is 105 cm³/mol. The van der Waals surface area contributed by atoms with E-state index in [-0.39, 0.29) is 23.3 Å². The summed E-state index contributed by atoms with van der Waals surface area (Å²) in [6, 6.07) is 3.66. The van der Waals surface area contributed by atoms with Gasteiger partial charge in [-0.1, -0.05) is 6.07 Å². The van der Waals surface area contributed by atoms with Crippen molar-refractivity contribution >= 4 is 45.1 Å². The molecule has 1 heterocycles. The molecule has 0 saturated carbocycles. The first-order valence-corrected chi connectivity index (χ1v) is 11.5. The van der Waals surface area contributed by atoms with E-state index in [0.717, 1.165) is 5.01 Å². The predicted octanol–water partition coefficient (Wildman–Crippen LogP) is 1.90. The lowest BCUT2D eigenvalue weighted by atomic mass is 10.1. The first-order chi connectivity index (χ1) is 12.8. The van der Waals surface area contributed by atoms with Gasteiger partial charge in [-0.25, -0.2) is 22.9 Å². The van der Waals surface area contributed by atoms with E-state index in [1.54, 1.807) is 24.6 Å².